The van der Waals surface area contributed by atoms with E-state index in [4.69, 9.17) is 11.5 Å². The molecule has 1 heterocycles. The lowest BCUT2D eigenvalue weighted by atomic mass is 10.2. The number of hydrogen-bond donors (Lipinski definition) is 3. The Hall–Kier alpha value is -1.14. The van der Waals surface area contributed by atoms with Crippen LogP contribution in [0.2, 0.25) is 0 Å². The molecular formula is C8H16N4O2. The van der Waals surface area contributed by atoms with Gasteiger partial charge in [-0.05, 0) is 6.42 Å². The molecule has 1 fully saturated rings. The fraction of sp³-hybridized carbons (Fsp3) is 0.750. The number of nitrogens with two attached hydrogens (primary N) is 2. The van der Waals surface area contributed by atoms with Crippen molar-refractivity contribution in [2.45, 2.75) is 31.8 Å². The number of carbonyl (C=O) groups is 2. The Morgan fingerprint density at radius 1 is 1.79 bits per heavy atom. The molecule has 5 N–H and O–H groups in total. The van der Waals surface area contributed by atoms with Gasteiger partial charge in [0.15, 0.2) is 0 Å². The third-order valence-corrected chi connectivity index (χ3v) is 2.32. The highest BCUT2D eigenvalue weighted by Crippen LogP contribution is 2.12. The van der Waals surface area contributed by atoms with Crippen molar-refractivity contribution in [1.82, 2.24) is 10.4 Å². The van der Waals surface area contributed by atoms with Crippen LogP contribution in [0.1, 0.15) is 19.8 Å². The molecule has 1 aliphatic heterocycles. The van der Waals surface area contributed by atoms with Gasteiger partial charge in [0.25, 0.3) is 0 Å². The highest BCUT2D eigenvalue weighted by molar-refractivity contribution is 5.87. The Morgan fingerprint density at radius 2 is 2.43 bits per heavy atom. The van der Waals surface area contributed by atoms with E-state index in [1.807, 2.05) is 0 Å². The summed E-state index contributed by atoms with van der Waals surface area (Å²) in [5, 5.41) is 1.31. The predicted octanol–water partition coefficient (Wildman–Crippen LogP) is -1.69. The molecule has 0 spiro atoms. The molecule has 2 atom stereocenters. The zero-order valence-electron chi connectivity index (χ0n) is 8.19. The minimum Gasteiger partial charge on any atom is -0.368 e. The Morgan fingerprint density at radius 3 is 2.79 bits per heavy atom. The van der Waals surface area contributed by atoms with Gasteiger partial charge in [-0.2, -0.15) is 0 Å². The van der Waals surface area contributed by atoms with Crippen molar-refractivity contribution in [3.8, 4) is 0 Å². The number of hydrogen-bond acceptors (Lipinski definition) is 4. The van der Waals surface area contributed by atoms with Crippen molar-refractivity contribution < 1.29 is 9.59 Å². The molecule has 1 unspecified atom stereocenters. The number of nitrogens with one attached hydrogen (secondary N) is 1. The van der Waals surface area contributed by atoms with Crippen LogP contribution in [0.15, 0.2) is 0 Å². The molecule has 6 nitrogen and oxygen atoms in total. The molecule has 0 radical (unpaired) electrons. The molecule has 0 aromatic rings. The highest BCUT2D eigenvalue weighted by atomic mass is 16.2. The van der Waals surface area contributed by atoms with E-state index in [0.717, 1.165) is 0 Å². The van der Waals surface area contributed by atoms with Crippen molar-refractivity contribution in [2.75, 3.05) is 6.54 Å². The maximum atomic E-state index is 11.4. The standard InChI is InChI=1S/C8H16N4O2/c1-2-6(8(10)14)12-7(13)3-5(4-9)11-12/h5-6,11H,2-4,9H2,1H3,(H2,10,14)/t5?,6-/m1/s1. The fourth-order valence-corrected chi connectivity index (χ4v) is 1.53. The van der Waals surface area contributed by atoms with Gasteiger partial charge in [-0.3, -0.25) is 14.6 Å². The van der Waals surface area contributed by atoms with Gasteiger partial charge >= 0.3 is 0 Å². The van der Waals surface area contributed by atoms with E-state index in [1.165, 1.54) is 5.01 Å². The van der Waals surface area contributed by atoms with Crippen molar-refractivity contribution in [3.05, 3.63) is 0 Å². The quantitative estimate of drug-likeness (QED) is 0.504. The summed E-state index contributed by atoms with van der Waals surface area (Å²) in [6, 6.07) is -0.644. The Labute approximate surface area is 82.6 Å². The molecule has 6 heteroatoms. The summed E-state index contributed by atoms with van der Waals surface area (Å²) in [7, 11) is 0. The molecule has 14 heavy (non-hydrogen) atoms. The first-order valence-electron chi connectivity index (χ1n) is 4.67. The van der Waals surface area contributed by atoms with Crippen LogP contribution in [-0.2, 0) is 9.59 Å². The first kappa shape index (κ1) is 10.9. The van der Waals surface area contributed by atoms with Crippen LogP contribution in [0.5, 0.6) is 0 Å². The second-order valence-corrected chi connectivity index (χ2v) is 3.36. The van der Waals surface area contributed by atoms with E-state index in [-0.39, 0.29) is 11.9 Å². The molecular weight excluding hydrogens is 184 g/mol. The molecule has 0 saturated carbocycles. The van der Waals surface area contributed by atoms with Gasteiger partial charge in [0.05, 0.1) is 0 Å². The van der Waals surface area contributed by atoms with Crippen LogP contribution in [0, 0.1) is 0 Å². The smallest absolute Gasteiger partial charge is 0.241 e. The third kappa shape index (κ3) is 2.02. The largest absolute Gasteiger partial charge is 0.368 e. The van der Waals surface area contributed by atoms with Gasteiger partial charge in [-0.15, -0.1) is 0 Å². The Kier molecular flexibility index (Phi) is 3.43. The molecule has 1 saturated heterocycles. The van der Waals surface area contributed by atoms with Gasteiger partial charge in [0.2, 0.25) is 11.8 Å². The number of nitrogens with zero attached hydrogens (tertiary/aromatic N) is 1. The monoisotopic (exact) mass is 200 g/mol. The number of hydrazine groups is 1. The van der Waals surface area contributed by atoms with Gasteiger partial charge in [-0.1, -0.05) is 6.92 Å². The highest BCUT2D eigenvalue weighted by Gasteiger charge is 2.34. The predicted molar refractivity (Wildman–Crippen MR) is 50.7 cm³/mol. The molecule has 1 aliphatic rings. The summed E-state index contributed by atoms with van der Waals surface area (Å²) < 4.78 is 0. The third-order valence-electron chi connectivity index (χ3n) is 2.32. The fourth-order valence-electron chi connectivity index (χ4n) is 1.53. The Balaban J connectivity index is 2.68. The first-order chi connectivity index (χ1) is 6.60. The molecule has 1 rings (SSSR count). The summed E-state index contributed by atoms with van der Waals surface area (Å²) in [4.78, 5) is 22.5. The summed E-state index contributed by atoms with van der Waals surface area (Å²) in [5.74, 6) is -0.614. The van der Waals surface area contributed by atoms with Crippen molar-refractivity contribution in [1.29, 1.82) is 0 Å². The summed E-state index contributed by atoms with van der Waals surface area (Å²) in [6.45, 7) is 2.18. The van der Waals surface area contributed by atoms with Gasteiger partial charge in [0, 0.05) is 19.0 Å². The van der Waals surface area contributed by atoms with E-state index in [9.17, 15) is 9.59 Å². The van der Waals surface area contributed by atoms with Crippen molar-refractivity contribution in [2.24, 2.45) is 11.5 Å². The number of rotatable bonds is 4. The maximum absolute atomic E-state index is 11.4. The lowest BCUT2D eigenvalue weighted by molar-refractivity contribution is -0.138. The first-order valence-corrected chi connectivity index (χ1v) is 4.67. The number of amides is 2. The topological polar surface area (TPSA) is 101 Å². The second-order valence-electron chi connectivity index (χ2n) is 3.36. The Bertz CT molecular complexity index is 243. The second kappa shape index (κ2) is 4.39. The maximum Gasteiger partial charge on any atom is 0.241 e. The molecule has 2 amide bonds. The summed E-state index contributed by atoms with van der Waals surface area (Å²) in [5.41, 5.74) is 13.5. The van der Waals surface area contributed by atoms with E-state index in [0.29, 0.717) is 19.4 Å². The average molecular weight is 200 g/mol. The van der Waals surface area contributed by atoms with Crippen LogP contribution in [0.4, 0.5) is 0 Å². The summed E-state index contributed by atoms with van der Waals surface area (Å²) >= 11 is 0. The van der Waals surface area contributed by atoms with E-state index in [1.54, 1.807) is 6.92 Å². The van der Waals surface area contributed by atoms with Gasteiger partial charge in [-0.25, -0.2) is 5.43 Å². The van der Waals surface area contributed by atoms with Crippen molar-refractivity contribution in [3.63, 3.8) is 0 Å². The zero-order chi connectivity index (χ0) is 10.7. The van der Waals surface area contributed by atoms with Crippen LogP contribution in [0.3, 0.4) is 0 Å². The van der Waals surface area contributed by atoms with Crippen LogP contribution in [0.25, 0.3) is 0 Å². The van der Waals surface area contributed by atoms with E-state index in [2.05, 4.69) is 5.43 Å². The van der Waals surface area contributed by atoms with Gasteiger partial charge < -0.3 is 11.5 Å². The molecule has 0 bridgehead atoms. The van der Waals surface area contributed by atoms with E-state index < -0.39 is 11.9 Å². The van der Waals surface area contributed by atoms with Crippen LogP contribution >= 0.6 is 0 Å². The van der Waals surface area contributed by atoms with Crippen molar-refractivity contribution >= 4 is 11.8 Å². The van der Waals surface area contributed by atoms with Crippen LogP contribution < -0.4 is 16.9 Å². The molecule has 80 valence electrons. The SMILES string of the molecule is CC[C@H](C(N)=O)N1NC(CN)CC1=O. The molecule has 0 aromatic carbocycles. The molecule has 0 aliphatic carbocycles. The lowest BCUT2D eigenvalue weighted by Crippen LogP contribution is -2.51. The number of carbonyl (C=O) groups excluding carboxylic acids is 2. The van der Waals surface area contributed by atoms with Gasteiger partial charge in [0.1, 0.15) is 6.04 Å². The zero-order valence-corrected chi connectivity index (χ0v) is 8.19. The number of primary amides is 1. The minimum atomic E-state index is -0.570. The molecule has 0 aromatic heterocycles. The normalized spacial score (nSPS) is 24.0. The lowest BCUT2D eigenvalue weighted by Gasteiger charge is -2.24. The van der Waals surface area contributed by atoms with E-state index >= 15 is 0 Å². The van der Waals surface area contributed by atoms with Crippen LogP contribution in [-0.4, -0.2) is 35.5 Å². The minimum absolute atomic E-state index is 0.0732. The average Bonchev–Trinajstić information content (AvgIpc) is 2.48. The summed E-state index contributed by atoms with van der Waals surface area (Å²) in [6.07, 6.45) is 0.839.